The Hall–Kier alpha value is -1.24. The van der Waals surface area contributed by atoms with E-state index in [0.717, 1.165) is 0 Å². The molecule has 0 radical (unpaired) electrons. The second-order valence-corrected chi connectivity index (χ2v) is 4.32. The fourth-order valence-corrected chi connectivity index (χ4v) is 2.15. The molecular formula is C10H14F2N2O3. The van der Waals surface area contributed by atoms with E-state index in [4.69, 9.17) is 0 Å². The number of nitrogens with zero attached hydrogens (tertiary/aromatic N) is 2. The molecule has 2 saturated heterocycles. The Morgan fingerprint density at radius 2 is 2.12 bits per heavy atom. The number of hydrogen-bond acceptors (Lipinski definition) is 3. The third-order valence-electron chi connectivity index (χ3n) is 3.23. The maximum absolute atomic E-state index is 11.9. The molecule has 7 heteroatoms. The average molecular weight is 248 g/mol. The zero-order valence-corrected chi connectivity index (χ0v) is 9.44. The Bertz CT molecular complexity index is 332. The van der Waals surface area contributed by atoms with Crippen molar-refractivity contribution in [2.45, 2.75) is 31.6 Å². The summed E-state index contributed by atoms with van der Waals surface area (Å²) in [4.78, 5) is 26.0. The van der Waals surface area contributed by atoms with Crippen LogP contribution in [0.4, 0.5) is 8.78 Å². The van der Waals surface area contributed by atoms with Crippen molar-refractivity contribution in [2.24, 2.45) is 0 Å². The highest BCUT2D eigenvalue weighted by atomic mass is 19.3. The van der Waals surface area contributed by atoms with Crippen molar-refractivity contribution in [3.63, 3.8) is 0 Å². The van der Waals surface area contributed by atoms with Gasteiger partial charge in [-0.15, -0.1) is 0 Å². The van der Waals surface area contributed by atoms with Crippen LogP contribution >= 0.6 is 0 Å². The van der Waals surface area contributed by atoms with Gasteiger partial charge in [0.05, 0.1) is 6.10 Å². The molecule has 0 N–H and O–H groups in total. The van der Waals surface area contributed by atoms with Crippen molar-refractivity contribution in [1.82, 2.24) is 9.80 Å². The van der Waals surface area contributed by atoms with Crippen molar-refractivity contribution in [3.8, 4) is 0 Å². The van der Waals surface area contributed by atoms with Crippen molar-refractivity contribution in [2.75, 3.05) is 20.1 Å². The molecule has 2 amide bonds. The third-order valence-corrected chi connectivity index (χ3v) is 3.23. The van der Waals surface area contributed by atoms with Crippen molar-refractivity contribution in [1.29, 1.82) is 0 Å². The van der Waals surface area contributed by atoms with E-state index in [0.29, 0.717) is 12.8 Å². The number of likely N-dealkylation sites (N-methyl/N-ethyl adjacent to an activating group) is 1. The van der Waals surface area contributed by atoms with Gasteiger partial charge in [0.15, 0.2) is 0 Å². The molecule has 0 spiro atoms. The van der Waals surface area contributed by atoms with E-state index < -0.39 is 18.8 Å². The van der Waals surface area contributed by atoms with Gasteiger partial charge in [-0.1, -0.05) is 0 Å². The van der Waals surface area contributed by atoms with E-state index in [1.165, 1.54) is 9.80 Å². The number of halogens is 2. The second-order valence-electron chi connectivity index (χ2n) is 4.32. The molecule has 0 aromatic heterocycles. The van der Waals surface area contributed by atoms with Crippen molar-refractivity contribution in [3.05, 3.63) is 0 Å². The van der Waals surface area contributed by atoms with Gasteiger partial charge in [0, 0.05) is 26.6 Å². The van der Waals surface area contributed by atoms with Crippen LogP contribution in [0.1, 0.15) is 12.8 Å². The Balaban J connectivity index is 1.81. The summed E-state index contributed by atoms with van der Waals surface area (Å²) in [5.74, 6) is -0.225. The largest absolute Gasteiger partial charge is 0.345 e. The molecule has 1 atom stereocenters. The number of ether oxygens (including phenoxy) is 1. The zero-order valence-electron chi connectivity index (χ0n) is 9.44. The molecule has 2 rings (SSSR count). The minimum atomic E-state index is -2.80. The Morgan fingerprint density at radius 3 is 2.59 bits per heavy atom. The molecule has 96 valence electrons. The SMILES string of the molecule is CN1C(=O)CC[C@H]1C(=O)N1CC(OC(F)F)C1. The number of carbonyl (C=O) groups is 2. The smallest absolute Gasteiger partial charge is 0.336 e. The van der Waals surface area contributed by atoms with Crippen LogP contribution in [-0.2, 0) is 14.3 Å². The van der Waals surface area contributed by atoms with E-state index in [2.05, 4.69) is 4.74 Å². The summed E-state index contributed by atoms with van der Waals surface area (Å²) >= 11 is 0. The molecule has 2 heterocycles. The van der Waals surface area contributed by atoms with Crippen LogP contribution in [0, 0.1) is 0 Å². The van der Waals surface area contributed by atoms with E-state index >= 15 is 0 Å². The van der Waals surface area contributed by atoms with E-state index in [1.54, 1.807) is 7.05 Å². The molecule has 0 unspecified atom stereocenters. The molecule has 0 aromatic carbocycles. The molecule has 5 nitrogen and oxygen atoms in total. The first-order valence-corrected chi connectivity index (χ1v) is 5.47. The van der Waals surface area contributed by atoms with Gasteiger partial charge in [-0.2, -0.15) is 8.78 Å². The third kappa shape index (κ3) is 2.38. The minimum absolute atomic E-state index is 0.0516. The van der Waals surface area contributed by atoms with Crippen LogP contribution in [-0.4, -0.2) is 60.5 Å². The Kier molecular flexibility index (Phi) is 3.28. The van der Waals surface area contributed by atoms with Gasteiger partial charge in [-0.3, -0.25) is 9.59 Å². The summed E-state index contributed by atoms with van der Waals surface area (Å²) in [5.41, 5.74) is 0. The lowest BCUT2D eigenvalue weighted by molar-refractivity contribution is -0.200. The molecule has 2 fully saturated rings. The minimum Gasteiger partial charge on any atom is -0.336 e. The lowest BCUT2D eigenvalue weighted by Crippen LogP contribution is -2.59. The molecule has 2 aliphatic heterocycles. The Morgan fingerprint density at radius 1 is 1.47 bits per heavy atom. The van der Waals surface area contributed by atoms with Crippen LogP contribution in [0.3, 0.4) is 0 Å². The highest BCUT2D eigenvalue weighted by Gasteiger charge is 2.41. The van der Waals surface area contributed by atoms with Gasteiger partial charge < -0.3 is 14.5 Å². The summed E-state index contributed by atoms with van der Waals surface area (Å²) in [6.45, 7) is -2.43. The number of amides is 2. The van der Waals surface area contributed by atoms with Gasteiger partial charge in [0.1, 0.15) is 6.04 Å². The monoisotopic (exact) mass is 248 g/mol. The van der Waals surface area contributed by atoms with Gasteiger partial charge in [-0.25, -0.2) is 0 Å². The van der Waals surface area contributed by atoms with Gasteiger partial charge >= 0.3 is 6.61 Å². The summed E-state index contributed by atoms with van der Waals surface area (Å²) in [6, 6.07) is -0.435. The van der Waals surface area contributed by atoms with Crippen LogP contribution in [0.2, 0.25) is 0 Å². The van der Waals surface area contributed by atoms with Crippen LogP contribution in [0.25, 0.3) is 0 Å². The maximum atomic E-state index is 11.9. The quantitative estimate of drug-likeness (QED) is 0.709. The van der Waals surface area contributed by atoms with Crippen LogP contribution in [0.5, 0.6) is 0 Å². The lowest BCUT2D eigenvalue weighted by Gasteiger charge is -2.40. The molecule has 2 aliphatic rings. The van der Waals surface area contributed by atoms with Crippen molar-refractivity contribution < 1.29 is 23.1 Å². The number of alkyl halides is 2. The number of likely N-dealkylation sites (tertiary alicyclic amines) is 2. The molecule has 17 heavy (non-hydrogen) atoms. The number of rotatable bonds is 3. The van der Waals surface area contributed by atoms with Gasteiger partial charge in [0.25, 0.3) is 0 Å². The number of hydrogen-bond donors (Lipinski definition) is 0. The normalized spacial score (nSPS) is 25.6. The van der Waals surface area contributed by atoms with E-state index in [9.17, 15) is 18.4 Å². The predicted molar refractivity (Wildman–Crippen MR) is 53.2 cm³/mol. The first-order chi connectivity index (χ1) is 7.99. The molecular weight excluding hydrogens is 234 g/mol. The van der Waals surface area contributed by atoms with E-state index in [-0.39, 0.29) is 24.9 Å². The predicted octanol–water partition coefficient (Wildman–Crippen LogP) is 0.0572. The van der Waals surface area contributed by atoms with Gasteiger partial charge in [0.2, 0.25) is 11.8 Å². The average Bonchev–Trinajstić information content (AvgIpc) is 2.52. The van der Waals surface area contributed by atoms with Crippen LogP contribution < -0.4 is 0 Å². The maximum Gasteiger partial charge on any atom is 0.345 e. The molecule has 0 bridgehead atoms. The Labute approximate surface area is 97.3 Å². The highest BCUT2D eigenvalue weighted by Crippen LogP contribution is 2.22. The summed E-state index contributed by atoms with van der Waals surface area (Å²) in [5, 5.41) is 0. The number of carbonyl (C=O) groups excluding carboxylic acids is 2. The summed E-state index contributed by atoms with van der Waals surface area (Å²) in [6.07, 6.45) is 0.296. The first-order valence-electron chi connectivity index (χ1n) is 5.47. The highest BCUT2D eigenvalue weighted by molar-refractivity contribution is 5.91. The van der Waals surface area contributed by atoms with Crippen LogP contribution in [0.15, 0.2) is 0 Å². The van der Waals surface area contributed by atoms with Crippen molar-refractivity contribution >= 4 is 11.8 Å². The molecule has 0 aliphatic carbocycles. The lowest BCUT2D eigenvalue weighted by atomic mass is 10.1. The first kappa shape index (κ1) is 12.2. The van der Waals surface area contributed by atoms with Gasteiger partial charge in [-0.05, 0) is 6.42 Å². The molecule has 0 aromatic rings. The fraction of sp³-hybridized carbons (Fsp3) is 0.800. The zero-order chi connectivity index (χ0) is 12.6. The topological polar surface area (TPSA) is 49.9 Å². The van der Waals surface area contributed by atoms with E-state index in [1.807, 2.05) is 0 Å². The standard InChI is InChI=1S/C10H14F2N2O3/c1-13-7(2-3-8(13)15)9(16)14-4-6(5-14)17-10(11)12/h6-7,10H,2-5H2,1H3/t7-/m0/s1. The second kappa shape index (κ2) is 4.56. The summed E-state index contributed by atoms with van der Waals surface area (Å²) in [7, 11) is 1.59. The molecule has 0 saturated carbocycles. The summed E-state index contributed by atoms with van der Waals surface area (Å²) < 4.78 is 28.0. The fourth-order valence-electron chi connectivity index (χ4n) is 2.15.